The van der Waals surface area contributed by atoms with Crippen LogP contribution in [0.3, 0.4) is 0 Å². The SMILES string of the molecule is CC(O)CCN(C)CC1Cc2ccccc21. The Bertz CT molecular complexity index is 348. The van der Waals surface area contributed by atoms with Crippen molar-refractivity contribution < 1.29 is 5.11 Å². The fourth-order valence-electron chi connectivity index (χ4n) is 2.40. The average molecular weight is 219 g/mol. The van der Waals surface area contributed by atoms with Crippen LogP contribution in [0.2, 0.25) is 0 Å². The topological polar surface area (TPSA) is 23.5 Å². The van der Waals surface area contributed by atoms with Crippen LogP contribution >= 0.6 is 0 Å². The maximum atomic E-state index is 9.24. The van der Waals surface area contributed by atoms with Gasteiger partial charge in [0.15, 0.2) is 0 Å². The third-order valence-electron chi connectivity index (χ3n) is 3.42. The van der Waals surface area contributed by atoms with E-state index in [1.165, 1.54) is 17.5 Å². The molecule has 2 nitrogen and oxygen atoms in total. The van der Waals surface area contributed by atoms with Crippen molar-refractivity contribution in [1.82, 2.24) is 4.90 Å². The minimum absolute atomic E-state index is 0.184. The second kappa shape index (κ2) is 4.98. The second-order valence-corrected chi connectivity index (χ2v) is 5.00. The zero-order valence-electron chi connectivity index (χ0n) is 10.2. The van der Waals surface area contributed by atoms with E-state index in [2.05, 4.69) is 36.2 Å². The minimum atomic E-state index is -0.184. The van der Waals surface area contributed by atoms with E-state index in [0.29, 0.717) is 5.92 Å². The smallest absolute Gasteiger partial charge is 0.0524 e. The summed E-state index contributed by atoms with van der Waals surface area (Å²) >= 11 is 0. The number of fused-ring (bicyclic) bond motifs is 1. The average Bonchev–Trinajstić information content (AvgIpc) is 2.23. The summed E-state index contributed by atoms with van der Waals surface area (Å²) in [5.74, 6) is 0.704. The van der Waals surface area contributed by atoms with E-state index in [9.17, 15) is 5.11 Å². The molecule has 0 aromatic heterocycles. The van der Waals surface area contributed by atoms with Gasteiger partial charge < -0.3 is 10.0 Å². The molecule has 0 spiro atoms. The molecule has 1 aliphatic carbocycles. The molecule has 0 aliphatic heterocycles. The van der Waals surface area contributed by atoms with E-state index in [0.717, 1.165) is 19.5 Å². The molecular formula is C14H21NO. The monoisotopic (exact) mass is 219 g/mol. The minimum Gasteiger partial charge on any atom is -0.393 e. The lowest BCUT2D eigenvalue weighted by Gasteiger charge is -2.33. The summed E-state index contributed by atoms with van der Waals surface area (Å²) in [6.07, 6.45) is 1.90. The predicted octanol–water partition coefficient (Wildman–Crippen LogP) is 2.03. The Hall–Kier alpha value is -0.860. The van der Waals surface area contributed by atoms with E-state index < -0.39 is 0 Å². The van der Waals surface area contributed by atoms with Gasteiger partial charge in [-0.15, -0.1) is 0 Å². The standard InChI is InChI=1S/C14H21NO/c1-11(16)7-8-15(2)10-13-9-12-5-3-4-6-14(12)13/h3-6,11,13,16H,7-10H2,1-2H3. The summed E-state index contributed by atoms with van der Waals surface area (Å²) in [6, 6.07) is 8.71. The first kappa shape index (κ1) is 11.6. The maximum absolute atomic E-state index is 9.24. The highest BCUT2D eigenvalue weighted by Gasteiger charge is 2.26. The molecule has 88 valence electrons. The van der Waals surface area contributed by atoms with Crippen LogP contribution in [0, 0.1) is 0 Å². The van der Waals surface area contributed by atoms with E-state index >= 15 is 0 Å². The summed E-state index contributed by atoms with van der Waals surface area (Å²) in [5, 5.41) is 9.24. The highest BCUT2D eigenvalue weighted by molar-refractivity contribution is 5.40. The van der Waals surface area contributed by atoms with Crippen molar-refractivity contribution >= 4 is 0 Å². The number of nitrogens with zero attached hydrogens (tertiary/aromatic N) is 1. The number of rotatable bonds is 5. The summed E-state index contributed by atoms with van der Waals surface area (Å²) < 4.78 is 0. The molecule has 0 saturated carbocycles. The van der Waals surface area contributed by atoms with Gasteiger partial charge >= 0.3 is 0 Å². The molecule has 2 rings (SSSR count). The van der Waals surface area contributed by atoms with Crippen molar-refractivity contribution in [2.75, 3.05) is 20.1 Å². The van der Waals surface area contributed by atoms with E-state index in [4.69, 9.17) is 0 Å². The normalized spacial score (nSPS) is 20.4. The van der Waals surface area contributed by atoms with Crippen molar-refractivity contribution in [1.29, 1.82) is 0 Å². The van der Waals surface area contributed by atoms with Crippen LogP contribution in [-0.4, -0.2) is 36.2 Å². The third-order valence-corrected chi connectivity index (χ3v) is 3.42. The fourth-order valence-corrected chi connectivity index (χ4v) is 2.40. The van der Waals surface area contributed by atoms with E-state index in [-0.39, 0.29) is 6.10 Å². The Labute approximate surface area is 97.9 Å². The number of aliphatic hydroxyl groups is 1. The molecule has 0 heterocycles. The van der Waals surface area contributed by atoms with Crippen LogP contribution in [0.4, 0.5) is 0 Å². The van der Waals surface area contributed by atoms with Gasteiger partial charge in [-0.2, -0.15) is 0 Å². The molecule has 1 aromatic rings. The Morgan fingerprint density at radius 3 is 2.88 bits per heavy atom. The Balaban J connectivity index is 1.80. The maximum Gasteiger partial charge on any atom is 0.0524 e. The first-order valence-corrected chi connectivity index (χ1v) is 6.11. The molecular weight excluding hydrogens is 198 g/mol. The first-order chi connectivity index (χ1) is 7.66. The highest BCUT2D eigenvalue weighted by atomic mass is 16.3. The van der Waals surface area contributed by atoms with E-state index in [1.54, 1.807) is 0 Å². The van der Waals surface area contributed by atoms with Crippen molar-refractivity contribution in [3.63, 3.8) is 0 Å². The van der Waals surface area contributed by atoms with Crippen LogP contribution in [-0.2, 0) is 6.42 Å². The number of aliphatic hydroxyl groups excluding tert-OH is 1. The molecule has 1 N–H and O–H groups in total. The summed E-state index contributed by atoms with van der Waals surface area (Å²) in [5.41, 5.74) is 3.03. The van der Waals surface area contributed by atoms with Gasteiger partial charge in [0.25, 0.3) is 0 Å². The van der Waals surface area contributed by atoms with Crippen LogP contribution in [0.5, 0.6) is 0 Å². The summed E-state index contributed by atoms with van der Waals surface area (Å²) in [4.78, 5) is 2.33. The molecule has 1 aromatic carbocycles. The quantitative estimate of drug-likeness (QED) is 0.819. The van der Waals surface area contributed by atoms with Crippen molar-refractivity contribution in [3.05, 3.63) is 35.4 Å². The summed E-state index contributed by atoms with van der Waals surface area (Å²) in [6.45, 7) is 3.95. The molecule has 1 aliphatic rings. The molecule has 16 heavy (non-hydrogen) atoms. The van der Waals surface area contributed by atoms with Gasteiger partial charge in [0.1, 0.15) is 0 Å². The van der Waals surface area contributed by atoms with Gasteiger partial charge in [-0.3, -0.25) is 0 Å². The molecule has 0 saturated heterocycles. The molecule has 0 radical (unpaired) electrons. The largest absolute Gasteiger partial charge is 0.393 e. The van der Waals surface area contributed by atoms with Crippen molar-refractivity contribution in [2.24, 2.45) is 0 Å². The predicted molar refractivity (Wildman–Crippen MR) is 66.7 cm³/mol. The fraction of sp³-hybridized carbons (Fsp3) is 0.571. The molecule has 0 amide bonds. The molecule has 0 bridgehead atoms. The highest BCUT2D eigenvalue weighted by Crippen LogP contribution is 2.34. The lowest BCUT2D eigenvalue weighted by Crippen LogP contribution is -2.32. The molecule has 2 unspecified atom stereocenters. The van der Waals surface area contributed by atoms with Crippen LogP contribution in [0.15, 0.2) is 24.3 Å². The number of likely N-dealkylation sites (N-methyl/N-ethyl adjacent to an activating group) is 1. The molecule has 0 fully saturated rings. The zero-order valence-corrected chi connectivity index (χ0v) is 10.2. The van der Waals surface area contributed by atoms with Crippen molar-refractivity contribution in [2.45, 2.75) is 31.8 Å². The van der Waals surface area contributed by atoms with Gasteiger partial charge in [-0.1, -0.05) is 24.3 Å². The molecule has 2 heteroatoms. The van der Waals surface area contributed by atoms with Gasteiger partial charge in [-0.05, 0) is 37.9 Å². The molecule has 2 atom stereocenters. The van der Waals surface area contributed by atoms with E-state index in [1.807, 2.05) is 6.92 Å². The van der Waals surface area contributed by atoms with Crippen LogP contribution in [0.1, 0.15) is 30.4 Å². The third kappa shape index (κ3) is 2.63. The van der Waals surface area contributed by atoms with Crippen LogP contribution in [0.25, 0.3) is 0 Å². The number of benzene rings is 1. The van der Waals surface area contributed by atoms with Gasteiger partial charge in [0, 0.05) is 19.0 Å². The Morgan fingerprint density at radius 1 is 1.44 bits per heavy atom. The van der Waals surface area contributed by atoms with Crippen molar-refractivity contribution in [3.8, 4) is 0 Å². The first-order valence-electron chi connectivity index (χ1n) is 6.11. The summed E-state index contributed by atoms with van der Waals surface area (Å²) in [7, 11) is 2.14. The number of hydrogen-bond acceptors (Lipinski definition) is 2. The zero-order chi connectivity index (χ0) is 11.5. The van der Waals surface area contributed by atoms with Gasteiger partial charge in [0.05, 0.1) is 6.10 Å². The Morgan fingerprint density at radius 2 is 2.19 bits per heavy atom. The van der Waals surface area contributed by atoms with Crippen LogP contribution < -0.4 is 0 Å². The number of hydrogen-bond donors (Lipinski definition) is 1. The second-order valence-electron chi connectivity index (χ2n) is 5.00. The Kier molecular flexibility index (Phi) is 3.62. The lowest BCUT2D eigenvalue weighted by atomic mass is 9.77. The van der Waals surface area contributed by atoms with Gasteiger partial charge in [0.2, 0.25) is 0 Å². The lowest BCUT2D eigenvalue weighted by molar-refractivity contribution is 0.161. The van der Waals surface area contributed by atoms with Gasteiger partial charge in [-0.25, -0.2) is 0 Å².